The molecule has 46 heavy (non-hydrogen) atoms. The molecule has 0 aliphatic rings. The summed E-state index contributed by atoms with van der Waals surface area (Å²) in [6.45, 7) is 13.3. The summed E-state index contributed by atoms with van der Waals surface area (Å²) in [7, 11) is -6.32. The van der Waals surface area contributed by atoms with Crippen molar-refractivity contribution < 1.29 is 27.2 Å². The lowest BCUT2D eigenvalue weighted by molar-refractivity contribution is 0.190. The Bertz CT molecular complexity index is 682. The van der Waals surface area contributed by atoms with Crippen molar-refractivity contribution in [3.63, 3.8) is 0 Å². The summed E-state index contributed by atoms with van der Waals surface area (Å²) in [5.74, 6) is 0. The minimum absolute atomic E-state index is 0.386. The van der Waals surface area contributed by atoms with E-state index in [2.05, 4.69) is 23.6 Å². The van der Waals surface area contributed by atoms with Crippen molar-refractivity contribution in [1.82, 2.24) is 9.80 Å². The highest BCUT2D eigenvalue weighted by molar-refractivity contribution is 7.54. The van der Waals surface area contributed by atoms with Gasteiger partial charge in [0.2, 0.25) is 0 Å². The van der Waals surface area contributed by atoms with E-state index < -0.39 is 15.2 Å². The highest BCUT2D eigenvalue weighted by Crippen LogP contribution is 2.49. The average Bonchev–Trinajstić information content (AvgIpc) is 3.05. The van der Waals surface area contributed by atoms with E-state index in [-0.39, 0.29) is 0 Å². The van der Waals surface area contributed by atoms with Crippen LogP contribution in [-0.2, 0) is 27.2 Å². The molecule has 0 aliphatic heterocycles. The van der Waals surface area contributed by atoms with Crippen LogP contribution in [0.5, 0.6) is 0 Å². The Morgan fingerprint density at radius 3 is 0.978 bits per heavy atom. The monoisotopic (exact) mass is 701 g/mol. The lowest BCUT2D eigenvalue weighted by atomic mass is 10.1. The van der Waals surface area contributed by atoms with Crippen molar-refractivity contribution in [2.45, 2.75) is 104 Å². The molecule has 0 saturated heterocycles. The zero-order valence-corrected chi connectivity index (χ0v) is 31.5. The van der Waals surface area contributed by atoms with Crippen LogP contribution < -0.4 is 22.9 Å². The van der Waals surface area contributed by atoms with Crippen LogP contribution >= 0.6 is 15.2 Å². The molecule has 2 unspecified atom stereocenters. The molecule has 0 bridgehead atoms. The zero-order valence-electron chi connectivity index (χ0n) is 29.8. The third-order valence-corrected chi connectivity index (χ3v) is 11.6. The Labute approximate surface area is 282 Å². The number of unbranched alkanes of at least 4 members (excludes halogenated alkanes) is 7. The summed E-state index contributed by atoms with van der Waals surface area (Å²) >= 11 is 0. The van der Waals surface area contributed by atoms with Crippen molar-refractivity contribution in [2.75, 3.05) is 104 Å². The lowest BCUT2D eigenvalue weighted by Gasteiger charge is -2.25. The van der Waals surface area contributed by atoms with Crippen LogP contribution in [0.2, 0.25) is 0 Å². The Morgan fingerprint density at radius 2 is 0.696 bits per heavy atom. The molecule has 14 heteroatoms. The van der Waals surface area contributed by atoms with Gasteiger partial charge in [0.15, 0.2) is 0 Å². The van der Waals surface area contributed by atoms with Crippen LogP contribution in [0.3, 0.4) is 0 Å². The van der Waals surface area contributed by atoms with Gasteiger partial charge in [-0.05, 0) is 104 Å². The van der Waals surface area contributed by atoms with Crippen molar-refractivity contribution >= 4 is 15.2 Å². The van der Waals surface area contributed by atoms with Gasteiger partial charge in [0.1, 0.15) is 0 Å². The van der Waals surface area contributed by atoms with E-state index in [9.17, 15) is 9.13 Å². The van der Waals surface area contributed by atoms with Crippen molar-refractivity contribution in [3.8, 4) is 0 Å². The molecule has 0 radical (unpaired) electrons. The average molecular weight is 701 g/mol. The molecule has 0 aromatic carbocycles. The van der Waals surface area contributed by atoms with Crippen LogP contribution in [0.15, 0.2) is 0 Å². The predicted octanol–water partition coefficient (Wildman–Crippen LogP) is 5.38. The number of hydrogen-bond donors (Lipinski definition) is 4. The van der Waals surface area contributed by atoms with E-state index in [1.54, 1.807) is 0 Å². The highest BCUT2D eigenvalue weighted by Gasteiger charge is 2.26. The molecule has 278 valence electrons. The van der Waals surface area contributed by atoms with Crippen LogP contribution in [0.25, 0.3) is 0 Å². The van der Waals surface area contributed by atoms with Gasteiger partial charge in [0.05, 0.1) is 38.8 Å². The molecule has 0 amide bonds. The Kier molecular flexibility index (Phi) is 32.3. The van der Waals surface area contributed by atoms with E-state index >= 15 is 0 Å². The third kappa shape index (κ3) is 26.9. The minimum Gasteiger partial charge on any atom is -0.330 e. The molecule has 0 heterocycles. The molecule has 0 spiro atoms. The number of rotatable bonds is 37. The topological polar surface area (TPSA) is 182 Å². The van der Waals surface area contributed by atoms with E-state index in [0.717, 1.165) is 116 Å². The molecule has 12 nitrogen and oxygen atoms in total. The van der Waals surface area contributed by atoms with Crippen molar-refractivity contribution in [1.29, 1.82) is 0 Å². The normalized spacial score (nSPS) is 14.7. The van der Waals surface area contributed by atoms with Gasteiger partial charge in [-0.25, -0.2) is 0 Å². The number of hydrogen-bond acceptors (Lipinski definition) is 12. The second-order valence-electron chi connectivity index (χ2n) is 12.1. The fraction of sp³-hybridized carbons (Fsp3) is 1.00. The van der Waals surface area contributed by atoms with Gasteiger partial charge in [-0.15, -0.1) is 0 Å². The van der Waals surface area contributed by atoms with E-state index in [1.807, 2.05) is 0 Å². The largest absolute Gasteiger partial charge is 0.331 e. The summed E-state index contributed by atoms with van der Waals surface area (Å²) in [6.07, 6.45) is 13.8. The maximum absolute atomic E-state index is 13.5. The molecule has 0 rings (SSSR count). The van der Waals surface area contributed by atoms with Crippen LogP contribution in [0.1, 0.15) is 104 Å². The first-order chi connectivity index (χ1) is 22.3. The second-order valence-corrected chi connectivity index (χ2v) is 16.5. The smallest absolute Gasteiger partial charge is 0.330 e. The van der Waals surface area contributed by atoms with Gasteiger partial charge in [0.25, 0.3) is 0 Å². The summed E-state index contributed by atoms with van der Waals surface area (Å²) < 4.78 is 50.5. The Morgan fingerprint density at radius 1 is 0.413 bits per heavy atom. The molecule has 0 aromatic heterocycles. The Hall–Kier alpha value is 0.0600. The van der Waals surface area contributed by atoms with Gasteiger partial charge >= 0.3 is 15.2 Å². The maximum Gasteiger partial charge on any atom is 0.331 e. The first kappa shape index (κ1) is 46.1. The molecule has 8 N–H and O–H groups in total. The quantitative estimate of drug-likeness (QED) is 0.0481. The molecule has 0 aromatic rings. The second kappa shape index (κ2) is 32.3. The zero-order chi connectivity index (χ0) is 34.2. The Balaban J connectivity index is 4.52. The van der Waals surface area contributed by atoms with Crippen LogP contribution in [0.4, 0.5) is 0 Å². The first-order valence-corrected chi connectivity index (χ1v) is 21.8. The van der Waals surface area contributed by atoms with Gasteiger partial charge in [-0.1, -0.05) is 52.4 Å². The summed E-state index contributed by atoms with van der Waals surface area (Å²) in [6, 6.07) is 0. The van der Waals surface area contributed by atoms with E-state index in [1.165, 1.54) is 0 Å². The molecular weight excluding hydrogens is 626 g/mol. The third-order valence-electron chi connectivity index (χ3n) is 7.78. The molecule has 0 saturated carbocycles. The fourth-order valence-electron chi connectivity index (χ4n) is 4.81. The van der Waals surface area contributed by atoms with Crippen LogP contribution in [-0.4, -0.2) is 114 Å². The highest BCUT2D eigenvalue weighted by atomic mass is 31.2. The van der Waals surface area contributed by atoms with E-state index in [4.69, 9.17) is 41.0 Å². The standard InChI is InChI=1S/C32H74N6O6P2/c1-3-5-27-41-45(39,31-25-37(21-13-17-33)22-14-18-34)43-29-11-9-7-8-10-12-30-44-46(40,42-28-6-4-2)32-26-38(23-15-19-35)24-16-20-36/h3-36H2,1-2H3. The molecular formula is C32H74N6O6P2. The van der Waals surface area contributed by atoms with Crippen LogP contribution in [0, 0.1) is 0 Å². The fourth-order valence-corrected chi connectivity index (χ4v) is 8.16. The van der Waals surface area contributed by atoms with Gasteiger partial charge < -0.3 is 50.8 Å². The summed E-state index contributed by atoms with van der Waals surface area (Å²) in [4.78, 5) is 4.53. The van der Waals surface area contributed by atoms with Gasteiger partial charge in [-0.3, -0.25) is 9.13 Å². The number of nitrogens with two attached hydrogens (primary N) is 4. The molecule has 2 atom stereocenters. The van der Waals surface area contributed by atoms with Gasteiger partial charge in [-0.2, -0.15) is 0 Å². The molecule has 0 fully saturated rings. The van der Waals surface area contributed by atoms with E-state index in [0.29, 0.717) is 78.0 Å². The SMILES string of the molecule is CCCCOP(=O)(CCN(CCCN)CCCN)OCCCCCCCCOP(=O)(CCN(CCCN)CCCN)OCCCC. The summed E-state index contributed by atoms with van der Waals surface area (Å²) in [5, 5.41) is 0. The molecule has 0 aliphatic carbocycles. The minimum atomic E-state index is -3.16. The first-order valence-electron chi connectivity index (χ1n) is 18.3. The van der Waals surface area contributed by atoms with Crippen molar-refractivity contribution in [3.05, 3.63) is 0 Å². The van der Waals surface area contributed by atoms with Gasteiger partial charge in [0, 0.05) is 13.1 Å². The number of nitrogens with zero attached hydrogens (tertiary/aromatic N) is 2. The van der Waals surface area contributed by atoms with Crippen molar-refractivity contribution in [2.24, 2.45) is 22.9 Å². The predicted molar refractivity (Wildman–Crippen MR) is 194 cm³/mol. The summed E-state index contributed by atoms with van der Waals surface area (Å²) in [5.41, 5.74) is 22.8. The maximum atomic E-state index is 13.5. The lowest BCUT2D eigenvalue weighted by Crippen LogP contribution is -2.31.